The second-order valence-corrected chi connectivity index (χ2v) is 11.5. The molecule has 1 saturated heterocycles. The van der Waals surface area contributed by atoms with Gasteiger partial charge in [0.05, 0.1) is 33.4 Å². The van der Waals surface area contributed by atoms with Crippen LogP contribution in [0.3, 0.4) is 0 Å². The Morgan fingerprint density at radius 3 is 2.58 bits per heavy atom. The van der Waals surface area contributed by atoms with E-state index in [4.69, 9.17) is 4.74 Å². The van der Waals surface area contributed by atoms with Crippen molar-refractivity contribution < 1.29 is 14.5 Å². The van der Waals surface area contributed by atoms with Gasteiger partial charge in [-0.2, -0.15) is 0 Å². The molecule has 1 unspecified atom stereocenters. The number of esters is 1. The van der Waals surface area contributed by atoms with E-state index in [-0.39, 0.29) is 17.9 Å². The van der Waals surface area contributed by atoms with Crippen LogP contribution in [0, 0.1) is 10.1 Å². The quantitative estimate of drug-likeness (QED) is 0.177. The summed E-state index contributed by atoms with van der Waals surface area (Å²) in [6, 6.07) is 11.9. The molecule has 0 radical (unpaired) electrons. The van der Waals surface area contributed by atoms with Gasteiger partial charge in [0.25, 0.3) is 11.2 Å². The first-order valence-electron chi connectivity index (χ1n) is 13.2. The summed E-state index contributed by atoms with van der Waals surface area (Å²) in [6.45, 7) is 5.40. The number of nitro benzene ring substituents is 1. The van der Waals surface area contributed by atoms with E-state index in [2.05, 4.69) is 9.89 Å². The molecule has 0 spiro atoms. The zero-order chi connectivity index (χ0) is 28.4. The lowest BCUT2D eigenvalue weighted by atomic mass is 9.96. The number of nitro groups is 1. The number of nitrogens with zero attached hydrogens (tertiary/aromatic N) is 4. The lowest BCUT2D eigenvalue weighted by Gasteiger charge is -2.30. The molecule has 208 valence electrons. The molecule has 2 aromatic carbocycles. The summed E-state index contributed by atoms with van der Waals surface area (Å²) in [6.07, 6.45) is 6.95. The third-order valence-corrected chi connectivity index (χ3v) is 8.88. The number of rotatable bonds is 7. The van der Waals surface area contributed by atoms with Gasteiger partial charge in [-0.3, -0.25) is 19.5 Å². The number of thioether (sulfide) groups is 1. The van der Waals surface area contributed by atoms with Gasteiger partial charge in [-0.25, -0.2) is 9.79 Å². The largest absolute Gasteiger partial charge is 0.463 e. The number of anilines is 1. The molecule has 0 N–H and O–H groups in total. The minimum Gasteiger partial charge on any atom is -0.463 e. The Hall–Kier alpha value is -3.70. The highest BCUT2D eigenvalue weighted by Crippen LogP contribution is 2.32. The molecule has 40 heavy (non-hydrogen) atoms. The molecule has 9 nitrogen and oxygen atoms in total. The molecule has 0 amide bonds. The Kier molecular flexibility index (Phi) is 8.22. The van der Waals surface area contributed by atoms with Crippen LogP contribution in [0.4, 0.5) is 11.4 Å². The number of carbonyl (C=O) groups excluding carboxylic acids is 1. The van der Waals surface area contributed by atoms with Gasteiger partial charge in [0.15, 0.2) is 4.80 Å². The average molecular weight is 579 g/mol. The van der Waals surface area contributed by atoms with E-state index in [0.29, 0.717) is 26.2 Å². The van der Waals surface area contributed by atoms with Gasteiger partial charge in [0.1, 0.15) is 0 Å². The fraction of sp³-hybridized carbons (Fsp3) is 0.345. The highest BCUT2D eigenvalue weighted by atomic mass is 32.2. The first-order valence-corrected chi connectivity index (χ1v) is 15.2. The number of ether oxygens (including phenoxy) is 1. The summed E-state index contributed by atoms with van der Waals surface area (Å²) < 4.78 is 7.31. The van der Waals surface area contributed by atoms with Gasteiger partial charge in [-0.1, -0.05) is 23.5 Å². The lowest BCUT2D eigenvalue weighted by molar-refractivity contribution is -0.384. The summed E-state index contributed by atoms with van der Waals surface area (Å²) in [4.78, 5) is 46.7. The van der Waals surface area contributed by atoms with Crippen LogP contribution in [-0.4, -0.2) is 41.4 Å². The summed E-state index contributed by atoms with van der Waals surface area (Å²) in [5.41, 5.74) is 2.72. The normalized spacial score (nSPS) is 17.4. The maximum absolute atomic E-state index is 14.0. The van der Waals surface area contributed by atoms with Gasteiger partial charge in [-0.15, -0.1) is 11.8 Å². The van der Waals surface area contributed by atoms with Crippen molar-refractivity contribution in [2.24, 2.45) is 4.99 Å². The number of allylic oxidation sites excluding steroid dienone is 1. The molecule has 3 aromatic rings. The zero-order valence-electron chi connectivity index (χ0n) is 22.6. The van der Waals surface area contributed by atoms with E-state index in [1.54, 1.807) is 42.3 Å². The fourth-order valence-electron chi connectivity index (χ4n) is 5.23. The van der Waals surface area contributed by atoms with Crippen molar-refractivity contribution in [1.82, 2.24) is 4.57 Å². The number of aromatic nitrogens is 1. The van der Waals surface area contributed by atoms with Crippen molar-refractivity contribution in [2.75, 3.05) is 30.9 Å². The fourth-order valence-corrected chi connectivity index (χ4v) is 6.67. The van der Waals surface area contributed by atoms with Crippen LogP contribution in [0.25, 0.3) is 6.08 Å². The maximum atomic E-state index is 14.0. The molecule has 0 bridgehead atoms. The van der Waals surface area contributed by atoms with Crippen molar-refractivity contribution in [3.63, 3.8) is 0 Å². The molecule has 2 aliphatic rings. The van der Waals surface area contributed by atoms with Crippen LogP contribution in [0.15, 0.2) is 68.4 Å². The average Bonchev–Trinajstić information content (AvgIpc) is 3.26. The standard InChI is InChI=1S/C29H30N4O5S2/c1-4-38-28(35)25-18(2)30-29-32(26(25)19-8-11-22(39-3)12-9-19)27(34)24(40-29)17-20-16-21(33(36)37)10-13-23(20)31-14-6-5-7-15-31/h8-13,16-17,26H,4-7,14-15H2,1-3H3. The Bertz CT molecular complexity index is 1670. The Balaban J connectivity index is 1.70. The number of fused-ring (bicyclic) bond motifs is 1. The van der Waals surface area contributed by atoms with Gasteiger partial charge < -0.3 is 9.64 Å². The van der Waals surface area contributed by atoms with Crippen molar-refractivity contribution in [2.45, 2.75) is 44.0 Å². The smallest absolute Gasteiger partial charge is 0.338 e. The third-order valence-electron chi connectivity index (χ3n) is 7.15. The summed E-state index contributed by atoms with van der Waals surface area (Å²) in [5, 5.41) is 11.6. The number of hydrogen-bond donors (Lipinski definition) is 0. The Morgan fingerprint density at radius 2 is 1.93 bits per heavy atom. The van der Waals surface area contributed by atoms with Gasteiger partial charge in [0, 0.05) is 41.4 Å². The molecule has 1 atom stereocenters. The topological polar surface area (TPSA) is 107 Å². The number of benzene rings is 2. The molecule has 11 heteroatoms. The first-order chi connectivity index (χ1) is 19.3. The van der Waals surface area contributed by atoms with Crippen LogP contribution in [0.5, 0.6) is 0 Å². The zero-order valence-corrected chi connectivity index (χ0v) is 24.2. The van der Waals surface area contributed by atoms with Crippen LogP contribution < -0.4 is 19.8 Å². The minimum absolute atomic E-state index is 0.0352. The Morgan fingerprint density at radius 1 is 1.20 bits per heavy atom. The van der Waals surface area contributed by atoms with Gasteiger partial charge in [0.2, 0.25) is 0 Å². The summed E-state index contributed by atoms with van der Waals surface area (Å²) >= 11 is 2.82. The maximum Gasteiger partial charge on any atom is 0.338 e. The second-order valence-electron chi connectivity index (χ2n) is 9.62. The van der Waals surface area contributed by atoms with E-state index >= 15 is 0 Å². The highest BCUT2D eigenvalue weighted by molar-refractivity contribution is 7.98. The summed E-state index contributed by atoms with van der Waals surface area (Å²) in [5.74, 6) is -0.511. The Labute approximate surface area is 239 Å². The molecule has 3 heterocycles. The lowest BCUT2D eigenvalue weighted by Crippen LogP contribution is -2.40. The number of piperidine rings is 1. The van der Waals surface area contributed by atoms with E-state index < -0.39 is 16.9 Å². The second kappa shape index (κ2) is 11.8. The van der Waals surface area contributed by atoms with E-state index in [9.17, 15) is 19.7 Å². The molecule has 5 rings (SSSR count). The predicted molar refractivity (Wildman–Crippen MR) is 158 cm³/mol. The predicted octanol–water partition coefficient (Wildman–Crippen LogP) is 4.42. The van der Waals surface area contributed by atoms with Gasteiger partial charge in [-0.05, 0) is 69.2 Å². The summed E-state index contributed by atoms with van der Waals surface area (Å²) in [7, 11) is 0. The van der Waals surface area contributed by atoms with E-state index in [1.807, 2.05) is 30.5 Å². The molecular formula is C29H30N4O5S2. The molecular weight excluding hydrogens is 548 g/mol. The van der Waals surface area contributed by atoms with Crippen molar-refractivity contribution in [3.8, 4) is 0 Å². The van der Waals surface area contributed by atoms with Crippen LogP contribution in [0.1, 0.15) is 50.3 Å². The van der Waals surface area contributed by atoms with Gasteiger partial charge >= 0.3 is 5.97 Å². The van der Waals surface area contributed by atoms with Crippen molar-refractivity contribution in [1.29, 1.82) is 0 Å². The van der Waals surface area contributed by atoms with E-state index in [1.165, 1.54) is 23.5 Å². The third kappa shape index (κ3) is 5.35. The van der Waals surface area contributed by atoms with Crippen molar-refractivity contribution >= 4 is 46.5 Å². The molecule has 0 saturated carbocycles. The van der Waals surface area contributed by atoms with Crippen molar-refractivity contribution in [3.05, 3.63) is 94.7 Å². The van der Waals surface area contributed by atoms with Crippen LogP contribution in [-0.2, 0) is 9.53 Å². The molecule has 1 fully saturated rings. The van der Waals surface area contributed by atoms with Crippen LogP contribution >= 0.6 is 23.1 Å². The monoisotopic (exact) mass is 578 g/mol. The van der Waals surface area contributed by atoms with Crippen LogP contribution in [0.2, 0.25) is 0 Å². The highest BCUT2D eigenvalue weighted by Gasteiger charge is 2.33. The molecule has 2 aliphatic heterocycles. The number of non-ortho nitro benzene ring substituents is 1. The minimum atomic E-state index is -0.708. The number of hydrogen-bond acceptors (Lipinski definition) is 9. The number of carbonyl (C=O) groups is 1. The first kappa shape index (κ1) is 27.9. The molecule has 0 aliphatic carbocycles. The number of thiazole rings is 1. The molecule has 1 aromatic heterocycles. The van der Waals surface area contributed by atoms with E-state index in [0.717, 1.165) is 48.5 Å². The SMILES string of the molecule is CCOC(=O)C1=C(C)N=c2sc(=Cc3cc([N+](=O)[O-])ccc3N3CCCCC3)c(=O)n2C1c1ccc(SC)cc1.